The van der Waals surface area contributed by atoms with Gasteiger partial charge in [-0.3, -0.25) is 4.79 Å². The van der Waals surface area contributed by atoms with E-state index in [1.54, 1.807) is 25.2 Å². The first kappa shape index (κ1) is 9.91. The molecular formula is C8H12O3. The van der Waals surface area contributed by atoms with Gasteiger partial charge in [-0.05, 0) is 6.92 Å². The van der Waals surface area contributed by atoms with Gasteiger partial charge in [0.2, 0.25) is 0 Å². The van der Waals surface area contributed by atoms with Gasteiger partial charge in [-0.1, -0.05) is 23.8 Å². The summed E-state index contributed by atoms with van der Waals surface area (Å²) in [6.45, 7) is 1.77. The van der Waals surface area contributed by atoms with Crippen LogP contribution in [0.1, 0.15) is 13.3 Å². The Morgan fingerprint density at radius 3 is 2.64 bits per heavy atom. The van der Waals surface area contributed by atoms with E-state index in [1.165, 1.54) is 0 Å². The van der Waals surface area contributed by atoms with Gasteiger partial charge < -0.3 is 10.2 Å². The number of allylic oxidation sites excluding steroid dienone is 2. The van der Waals surface area contributed by atoms with Crippen LogP contribution in [0.25, 0.3) is 0 Å². The molecule has 0 aliphatic rings. The molecule has 0 rings (SSSR count). The average Bonchev–Trinajstić information content (AvgIpc) is 1.97. The third-order valence-electron chi connectivity index (χ3n) is 1.08. The van der Waals surface area contributed by atoms with Gasteiger partial charge >= 0.3 is 5.97 Å². The van der Waals surface area contributed by atoms with Crippen molar-refractivity contribution in [3.05, 3.63) is 23.8 Å². The standard InChI is InChI=1S/C8H12O3/c1-7(3-2-6-9)4-5-8(10)11/h2-4,9H,5-6H2,1H3,(H,10,11)/b3-2-,7-4-. The van der Waals surface area contributed by atoms with E-state index in [0.29, 0.717) is 0 Å². The van der Waals surface area contributed by atoms with Crippen molar-refractivity contribution >= 4 is 5.97 Å². The summed E-state index contributed by atoms with van der Waals surface area (Å²) in [6, 6.07) is 0. The quantitative estimate of drug-likeness (QED) is 0.596. The summed E-state index contributed by atoms with van der Waals surface area (Å²) in [4.78, 5) is 10.1. The van der Waals surface area contributed by atoms with Crippen LogP contribution in [0.15, 0.2) is 23.8 Å². The number of carbonyl (C=O) groups is 1. The molecule has 0 aliphatic carbocycles. The molecule has 2 N–H and O–H groups in total. The van der Waals surface area contributed by atoms with Crippen molar-refractivity contribution in [1.29, 1.82) is 0 Å². The van der Waals surface area contributed by atoms with Gasteiger partial charge in [0.1, 0.15) is 0 Å². The summed E-state index contributed by atoms with van der Waals surface area (Å²) in [6.07, 6.45) is 4.87. The van der Waals surface area contributed by atoms with Crippen LogP contribution in [0.5, 0.6) is 0 Å². The van der Waals surface area contributed by atoms with Crippen LogP contribution in [-0.4, -0.2) is 22.8 Å². The van der Waals surface area contributed by atoms with E-state index in [-0.39, 0.29) is 13.0 Å². The Morgan fingerprint density at radius 1 is 1.55 bits per heavy atom. The van der Waals surface area contributed by atoms with Crippen LogP contribution < -0.4 is 0 Å². The highest BCUT2D eigenvalue weighted by Crippen LogP contribution is 1.96. The molecule has 0 spiro atoms. The Morgan fingerprint density at radius 2 is 2.18 bits per heavy atom. The van der Waals surface area contributed by atoms with Crippen molar-refractivity contribution in [3.63, 3.8) is 0 Å². The number of carboxylic acids is 1. The maximum atomic E-state index is 10.1. The van der Waals surface area contributed by atoms with E-state index in [1.807, 2.05) is 0 Å². The van der Waals surface area contributed by atoms with Gasteiger partial charge in [0.05, 0.1) is 13.0 Å². The van der Waals surface area contributed by atoms with Crippen molar-refractivity contribution in [1.82, 2.24) is 0 Å². The maximum Gasteiger partial charge on any atom is 0.307 e. The first-order valence-corrected chi connectivity index (χ1v) is 3.32. The SMILES string of the molecule is CC(/C=C\CO)=C/CC(=O)O. The lowest BCUT2D eigenvalue weighted by atomic mass is 10.2. The normalized spacial score (nSPS) is 12.4. The van der Waals surface area contributed by atoms with Gasteiger partial charge in [0.15, 0.2) is 0 Å². The highest BCUT2D eigenvalue weighted by molar-refractivity contribution is 5.68. The fourth-order valence-electron chi connectivity index (χ4n) is 0.555. The zero-order chi connectivity index (χ0) is 8.69. The number of aliphatic hydroxyl groups excluding tert-OH is 1. The molecule has 62 valence electrons. The fourth-order valence-corrected chi connectivity index (χ4v) is 0.555. The molecule has 0 atom stereocenters. The number of carboxylic acid groups (broad SMARTS) is 1. The van der Waals surface area contributed by atoms with Crippen LogP contribution in [0.4, 0.5) is 0 Å². The average molecular weight is 156 g/mol. The van der Waals surface area contributed by atoms with Crippen molar-refractivity contribution < 1.29 is 15.0 Å². The molecule has 0 saturated carbocycles. The molecule has 11 heavy (non-hydrogen) atoms. The third kappa shape index (κ3) is 6.80. The second kappa shape index (κ2) is 5.68. The molecule has 3 heteroatoms. The van der Waals surface area contributed by atoms with Crippen molar-refractivity contribution in [2.45, 2.75) is 13.3 Å². The lowest BCUT2D eigenvalue weighted by Gasteiger charge is -1.89. The summed E-state index contributed by atoms with van der Waals surface area (Å²) in [5.74, 6) is -0.846. The van der Waals surface area contributed by atoms with Gasteiger partial charge in [0.25, 0.3) is 0 Å². The lowest BCUT2D eigenvalue weighted by molar-refractivity contribution is -0.136. The topological polar surface area (TPSA) is 57.5 Å². The number of rotatable bonds is 4. The molecular weight excluding hydrogens is 144 g/mol. The van der Waals surface area contributed by atoms with Crippen molar-refractivity contribution in [2.75, 3.05) is 6.61 Å². The molecule has 0 unspecified atom stereocenters. The Hall–Kier alpha value is -1.09. The zero-order valence-electron chi connectivity index (χ0n) is 6.45. The van der Waals surface area contributed by atoms with Crippen LogP contribution in [0.2, 0.25) is 0 Å². The van der Waals surface area contributed by atoms with Crippen molar-refractivity contribution in [2.24, 2.45) is 0 Å². The molecule has 0 bridgehead atoms. The summed E-state index contributed by atoms with van der Waals surface area (Å²) >= 11 is 0. The summed E-state index contributed by atoms with van der Waals surface area (Å²) in [7, 11) is 0. The monoisotopic (exact) mass is 156 g/mol. The van der Waals surface area contributed by atoms with E-state index in [2.05, 4.69) is 0 Å². The van der Waals surface area contributed by atoms with Gasteiger partial charge in [-0.25, -0.2) is 0 Å². The molecule has 0 aromatic heterocycles. The van der Waals surface area contributed by atoms with E-state index in [0.717, 1.165) is 5.57 Å². The second-order valence-corrected chi connectivity index (χ2v) is 2.13. The number of aliphatic carboxylic acids is 1. The Labute approximate surface area is 65.7 Å². The predicted molar refractivity (Wildman–Crippen MR) is 42.2 cm³/mol. The van der Waals surface area contributed by atoms with Gasteiger partial charge in [0, 0.05) is 0 Å². The Balaban J connectivity index is 3.81. The first-order chi connectivity index (χ1) is 5.16. The summed E-state index contributed by atoms with van der Waals surface area (Å²) < 4.78 is 0. The first-order valence-electron chi connectivity index (χ1n) is 3.32. The number of aliphatic hydroxyl groups is 1. The lowest BCUT2D eigenvalue weighted by Crippen LogP contribution is -1.90. The molecule has 0 fully saturated rings. The molecule has 0 aliphatic heterocycles. The van der Waals surface area contributed by atoms with Crippen LogP contribution in [-0.2, 0) is 4.79 Å². The molecule has 0 radical (unpaired) electrons. The van der Waals surface area contributed by atoms with E-state index >= 15 is 0 Å². The maximum absolute atomic E-state index is 10.1. The molecule has 0 heterocycles. The van der Waals surface area contributed by atoms with Crippen LogP contribution >= 0.6 is 0 Å². The number of hydrogen-bond donors (Lipinski definition) is 2. The summed E-state index contributed by atoms with van der Waals surface area (Å²) in [5.41, 5.74) is 0.849. The summed E-state index contributed by atoms with van der Waals surface area (Å²) in [5, 5.41) is 16.6. The highest BCUT2D eigenvalue weighted by Gasteiger charge is 1.90. The minimum absolute atomic E-state index is 0.0156. The smallest absolute Gasteiger partial charge is 0.307 e. The minimum Gasteiger partial charge on any atom is -0.481 e. The van der Waals surface area contributed by atoms with E-state index in [9.17, 15) is 4.79 Å². The fraction of sp³-hybridized carbons (Fsp3) is 0.375. The molecule has 0 amide bonds. The largest absolute Gasteiger partial charge is 0.481 e. The molecule has 3 nitrogen and oxygen atoms in total. The Kier molecular flexibility index (Phi) is 5.11. The minimum atomic E-state index is -0.846. The van der Waals surface area contributed by atoms with Gasteiger partial charge in [-0.15, -0.1) is 0 Å². The predicted octanol–water partition coefficient (Wildman–Crippen LogP) is 0.956. The second-order valence-electron chi connectivity index (χ2n) is 2.13. The number of hydrogen-bond acceptors (Lipinski definition) is 2. The third-order valence-corrected chi connectivity index (χ3v) is 1.08. The molecule has 0 aromatic rings. The zero-order valence-corrected chi connectivity index (χ0v) is 6.45. The molecule has 0 aromatic carbocycles. The van der Waals surface area contributed by atoms with Gasteiger partial charge in [-0.2, -0.15) is 0 Å². The highest BCUT2D eigenvalue weighted by atomic mass is 16.4. The van der Waals surface area contributed by atoms with E-state index < -0.39 is 5.97 Å². The Bertz CT molecular complexity index is 180. The van der Waals surface area contributed by atoms with Crippen molar-refractivity contribution in [3.8, 4) is 0 Å². The molecule has 0 saturated heterocycles. The van der Waals surface area contributed by atoms with E-state index in [4.69, 9.17) is 10.2 Å². The van der Waals surface area contributed by atoms with Crippen LogP contribution in [0, 0.1) is 0 Å². The van der Waals surface area contributed by atoms with Crippen LogP contribution in [0.3, 0.4) is 0 Å².